The summed E-state index contributed by atoms with van der Waals surface area (Å²) in [6.45, 7) is 3.29. The van der Waals surface area contributed by atoms with Crippen LogP contribution in [0.3, 0.4) is 0 Å². The molecule has 1 aliphatic heterocycles. The summed E-state index contributed by atoms with van der Waals surface area (Å²) in [5.41, 5.74) is 0.741. The van der Waals surface area contributed by atoms with E-state index in [0.717, 1.165) is 0 Å². The average Bonchev–Trinajstić information content (AvgIpc) is 3.37. The van der Waals surface area contributed by atoms with Crippen molar-refractivity contribution in [3.8, 4) is 17.6 Å². The molecule has 1 aliphatic rings. The summed E-state index contributed by atoms with van der Waals surface area (Å²) >= 11 is 0. The Kier molecular flexibility index (Phi) is 4.98. The number of hydrogen-bond acceptors (Lipinski definition) is 6. The molecule has 6 nitrogen and oxygen atoms in total. The normalized spacial score (nSPS) is 18.2. The monoisotopic (exact) mass is 339 g/mol. The minimum absolute atomic E-state index is 0.119. The first-order chi connectivity index (χ1) is 12.1. The molecule has 0 saturated carbocycles. The fourth-order valence-electron chi connectivity index (χ4n) is 2.02. The smallest absolute Gasteiger partial charge is 0.343 e. The Hall–Kier alpha value is -2.88. The number of carbonyl (C=O) groups is 1. The minimum atomic E-state index is -0.480. The van der Waals surface area contributed by atoms with Gasteiger partial charge in [0.15, 0.2) is 6.79 Å². The van der Waals surface area contributed by atoms with Gasteiger partial charge in [-0.2, -0.15) is 5.26 Å². The second-order valence-corrected chi connectivity index (χ2v) is 5.90. The summed E-state index contributed by atoms with van der Waals surface area (Å²) in [5.74, 6) is 0.497. The predicted molar refractivity (Wildman–Crippen MR) is 88.4 cm³/mol. The van der Waals surface area contributed by atoms with Gasteiger partial charge in [-0.1, -0.05) is 0 Å². The number of esters is 1. The lowest BCUT2D eigenvalue weighted by Crippen LogP contribution is -2.17. The van der Waals surface area contributed by atoms with Crippen LogP contribution >= 0.6 is 0 Å². The molecule has 128 valence electrons. The van der Waals surface area contributed by atoms with Gasteiger partial charge in [0.25, 0.3) is 0 Å². The average molecular weight is 339 g/mol. The SMILES string of the molecule is CC1(COCOc2ccc(C(=O)Oc3ccc(C#N)cc3)cc2)CO1. The highest BCUT2D eigenvalue weighted by molar-refractivity contribution is 5.91. The van der Waals surface area contributed by atoms with Crippen molar-refractivity contribution in [2.75, 3.05) is 20.0 Å². The van der Waals surface area contributed by atoms with Gasteiger partial charge in [0.1, 0.15) is 17.1 Å². The first kappa shape index (κ1) is 17.0. The molecular formula is C19H17NO5. The zero-order valence-corrected chi connectivity index (χ0v) is 13.7. The van der Waals surface area contributed by atoms with E-state index < -0.39 is 5.97 Å². The molecule has 6 heteroatoms. The number of hydrogen-bond donors (Lipinski definition) is 0. The molecule has 1 unspecified atom stereocenters. The second kappa shape index (κ2) is 7.34. The van der Waals surface area contributed by atoms with E-state index in [-0.39, 0.29) is 12.4 Å². The van der Waals surface area contributed by atoms with Gasteiger partial charge < -0.3 is 18.9 Å². The van der Waals surface area contributed by atoms with Gasteiger partial charge >= 0.3 is 5.97 Å². The van der Waals surface area contributed by atoms with Crippen LogP contribution in [0.1, 0.15) is 22.8 Å². The third-order valence-electron chi connectivity index (χ3n) is 3.64. The van der Waals surface area contributed by atoms with Gasteiger partial charge in [0, 0.05) is 0 Å². The van der Waals surface area contributed by atoms with Crippen LogP contribution in [-0.4, -0.2) is 31.6 Å². The van der Waals surface area contributed by atoms with Crippen LogP contribution < -0.4 is 9.47 Å². The van der Waals surface area contributed by atoms with E-state index in [2.05, 4.69) is 0 Å². The van der Waals surface area contributed by atoms with Crippen LogP contribution in [0.4, 0.5) is 0 Å². The standard InChI is InChI=1S/C19H17NO5/c1-19(12-24-19)11-22-13-23-16-8-4-15(5-9-16)18(21)25-17-6-2-14(10-20)3-7-17/h2-9H,11-13H2,1H3. The molecule has 2 aromatic rings. The number of epoxide rings is 1. The fourth-order valence-corrected chi connectivity index (χ4v) is 2.02. The largest absolute Gasteiger partial charge is 0.468 e. The fraction of sp³-hybridized carbons (Fsp3) is 0.263. The van der Waals surface area contributed by atoms with Crippen molar-refractivity contribution in [1.82, 2.24) is 0 Å². The summed E-state index contributed by atoms with van der Waals surface area (Å²) in [7, 11) is 0. The van der Waals surface area contributed by atoms with Gasteiger partial charge in [-0.05, 0) is 55.5 Å². The number of nitrogens with zero attached hydrogens (tertiary/aromatic N) is 1. The third-order valence-corrected chi connectivity index (χ3v) is 3.64. The Morgan fingerprint density at radius 1 is 1.16 bits per heavy atom. The lowest BCUT2D eigenvalue weighted by Gasteiger charge is -2.09. The van der Waals surface area contributed by atoms with Crippen molar-refractivity contribution in [2.24, 2.45) is 0 Å². The van der Waals surface area contributed by atoms with Crippen LogP contribution in [0.2, 0.25) is 0 Å². The summed E-state index contributed by atoms with van der Waals surface area (Å²) in [6, 6.07) is 14.9. The Labute approximate surface area is 145 Å². The van der Waals surface area contributed by atoms with Gasteiger partial charge in [0.05, 0.1) is 30.4 Å². The van der Waals surface area contributed by atoms with Crippen molar-refractivity contribution in [1.29, 1.82) is 5.26 Å². The van der Waals surface area contributed by atoms with Crippen LogP contribution in [0, 0.1) is 11.3 Å². The minimum Gasteiger partial charge on any atom is -0.468 e. The van der Waals surface area contributed by atoms with E-state index in [9.17, 15) is 4.79 Å². The molecule has 25 heavy (non-hydrogen) atoms. The van der Waals surface area contributed by atoms with Crippen molar-refractivity contribution < 1.29 is 23.7 Å². The van der Waals surface area contributed by atoms with E-state index in [1.54, 1.807) is 48.5 Å². The summed E-state index contributed by atoms with van der Waals surface area (Å²) < 4.78 is 21.3. The molecule has 0 radical (unpaired) electrons. The number of carbonyl (C=O) groups excluding carboxylic acids is 1. The Bertz CT molecular complexity index is 773. The van der Waals surface area contributed by atoms with Crippen LogP contribution in [0.25, 0.3) is 0 Å². The second-order valence-electron chi connectivity index (χ2n) is 5.90. The highest BCUT2D eigenvalue weighted by Crippen LogP contribution is 2.25. The van der Waals surface area contributed by atoms with E-state index in [1.165, 1.54) is 0 Å². The number of rotatable bonds is 7. The Morgan fingerprint density at radius 2 is 1.80 bits per heavy atom. The van der Waals surface area contributed by atoms with Crippen molar-refractivity contribution in [2.45, 2.75) is 12.5 Å². The molecule has 1 fully saturated rings. The van der Waals surface area contributed by atoms with E-state index in [4.69, 9.17) is 24.2 Å². The molecule has 3 rings (SSSR count). The number of benzene rings is 2. The van der Waals surface area contributed by atoms with Crippen LogP contribution in [-0.2, 0) is 9.47 Å². The number of nitriles is 1. The molecule has 0 aliphatic carbocycles. The van der Waals surface area contributed by atoms with E-state index in [1.807, 2.05) is 13.0 Å². The lowest BCUT2D eigenvalue weighted by atomic mass is 10.2. The zero-order chi connectivity index (χ0) is 17.7. The topological polar surface area (TPSA) is 81.1 Å². The van der Waals surface area contributed by atoms with Gasteiger partial charge in [-0.25, -0.2) is 4.79 Å². The molecule has 0 aromatic heterocycles. The maximum absolute atomic E-state index is 12.1. The molecule has 2 aromatic carbocycles. The molecule has 1 atom stereocenters. The zero-order valence-electron chi connectivity index (χ0n) is 13.7. The van der Waals surface area contributed by atoms with Crippen molar-refractivity contribution in [3.05, 3.63) is 59.7 Å². The maximum atomic E-state index is 12.1. The first-order valence-electron chi connectivity index (χ1n) is 7.75. The van der Waals surface area contributed by atoms with Gasteiger partial charge in [-0.15, -0.1) is 0 Å². The molecule has 1 saturated heterocycles. The maximum Gasteiger partial charge on any atom is 0.343 e. The molecular weight excluding hydrogens is 322 g/mol. The Morgan fingerprint density at radius 3 is 2.40 bits per heavy atom. The van der Waals surface area contributed by atoms with Crippen molar-refractivity contribution >= 4 is 5.97 Å². The highest BCUT2D eigenvalue weighted by atomic mass is 16.7. The number of ether oxygens (including phenoxy) is 4. The molecule has 0 bridgehead atoms. The van der Waals surface area contributed by atoms with Crippen LogP contribution in [0.15, 0.2) is 48.5 Å². The van der Waals surface area contributed by atoms with E-state index >= 15 is 0 Å². The summed E-state index contributed by atoms with van der Waals surface area (Å²) in [4.78, 5) is 12.1. The predicted octanol–water partition coefficient (Wildman–Crippen LogP) is 2.92. The molecule has 0 amide bonds. The quantitative estimate of drug-likeness (QED) is 0.254. The lowest BCUT2D eigenvalue weighted by molar-refractivity contribution is -0.00707. The van der Waals surface area contributed by atoms with Gasteiger partial charge in [-0.3, -0.25) is 0 Å². The molecule has 1 heterocycles. The summed E-state index contributed by atoms with van der Waals surface area (Å²) in [6.07, 6.45) is 0. The molecule has 0 N–H and O–H groups in total. The third kappa shape index (κ3) is 4.80. The first-order valence-corrected chi connectivity index (χ1v) is 7.75. The van der Waals surface area contributed by atoms with Crippen molar-refractivity contribution in [3.63, 3.8) is 0 Å². The molecule has 0 spiro atoms. The highest BCUT2D eigenvalue weighted by Gasteiger charge is 2.39. The van der Waals surface area contributed by atoms with Gasteiger partial charge in [0.2, 0.25) is 0 Å². The van der Waals surface area contributed by atoms with E-state index in [0.29, 0.717) is 35.8 Å². The van der Waals surface area contributed by atoms with Crippen LogP contribution in [0.5, 0.6) is 11.5 Å². The summed E-state index contributed by atoms with van der Waals surface area (Å²) in [5, 5.41) is 8.75. The Balaban J connectivity index is 1.48.